The quantitative estimate of drug-likeness (QED) is 0.648. The summed E-state index contributed by atoms with van der Waals surface area (Å²) in [6.45, 7) is 7.54. The Hall–Kier alpha value is -3.48. The third-order valence-electron chi connectivity index (χ3n) is 4.70. The van der Waals surface area contributed by atoms with Crippen molar-refractivity contribution in [3.05, 3.63) is 90.9 Å². The number of aromatic nitrogens is 3. The number of carbonyl (C=O) groups excluding carboxylic acids is 1. The van der Waals surface area contributed by atoms with Crippen molar-refractivity contribution < 1.29 is 4.79 Å². The molecule has 0 saturated heterocycles. The SMILES string of the molecule is Cc1cc(C)cc(C(=O)c2c(C(C)C)c(=O)[nH]c(=O)n2Cc2ccnc(N)c2)c1. The highest BCUT2D eigenvalue weighted by atomic mass is 16.2. The maximum absolute atomic E-state index is 13.5. The molecule has 150 valence electrons. The maximum Gasteiger partial charge on any atom is 0.329 e. The summed E-state index contributed by atoms with van der Waals surface area (Å²) in [5.41, 5.74) is 7.98. The van der Waals surface area contributed by atoms with E-state index in [1.165, 1.54) is 10.8 Å². The first kappa shape index (κ1) is 20.3. The number of nitrogens with zero attached hydrogens (tertiary/aromatic N) is 2. The lowest BCUT2D eigenvalue weighted by atomic mass is 9.95. The normalized spacial score (nSPS) is 11.1. The minimum absolute atomic E-state index is 0.0912. The van der Waals surface area contributed by atoms with Gasteiger partial charge in [-0.15, -0.1) is 0 Å². The molecule has 0 saturated carbocycles. The number of nitrogen functional groups attached to an aromatic ring is 1. The highest BCUT2D eigenvalue weighted by Crippen LogP contribution is 2.20. The number of rotatable bonds is 5. The standard InChI is InChI=1S/C22H24N4O3/c1-12(2)18-19(20(27)16-8-13(3)7-14(4)9-16)26(22(29)25-21(18)28)11-15-5-6-24-17(23)10-15/h5-10,12H,11H2,1-4H3,(H2,23,24)(H,25,28,29). The van der Waals surface area contributed by atoms with Crippen LogP contribution in [-0.2, 0) is 6.54 Å². The van der Waals surface area contributed by atoms with Gasteiger partial charge in [0.1, 0.15) is 11.5 Å². The van der Waals surface area contributed by atoms with Crippen LogP contribution in [-0.4, -0.2) is 20.3 Å². The molecule has 2 heterocycles. The van der Waals surface area contributed by atoms with Crippen LogP contribution in [0.2, 0.25) is 0 Å². The molecule has 0 aliphatic carbocycles. The van der Waals surface area contributed by atoms with Gasteiger partial charge < -0.3 is 5.73 Å². The molecule has 0 bridgehead atoms. The van der Waals surface area contributed by atoms with Crippen LogP contribution < -0.4 is 17.0 Å². The van der Waals surface area contributed by atoms with Gasteiger partial charge in [-0.1, -0.05) is 31.0 Å². The van der Waals surface area contributed by atoms with E-state index in [4.69, 9.17) is 5.73 Å². The Kier molecular flexibility index (Phi) is 5.50. The third kappa shape index (κ3) is 4.18. The number of aryl methyl sites for hydroxylation is 2. The summed E-state index contributed by atoms with van der Waals surface area (Å²) in [7, 11) is 0. The number of aromatic amines is 1. The predicted molar refractivity (Wildman–Crippen MR) is 113 cm³/mol. The molecule has 0 aliphatic rings. The molecule has 7 heteroatoms. The number of H-pyrrole nitrogens is 1. The second-order valence-corrected chi connectivity index (χ2v) is 7.56. The fourth-order valence-corrected chi connectivity index (χ4v) is 3.54. The first-order valence-corrected chi connectivity index (χ1v) is 9.37. The van der Waals surface area contributed by atoms with Crippen molar-refractivity contribution in [2.24, 2.45) is 0 Å². The Morgan fingerprint density at radius 1 is 1.14 bits per heavy atom. The van der Waals surface area contributed by atoms with Crippen molar-refractivity contribution in [1.29, 1.82) is 0 Å². The van der Waals surface area contributed by atoms with Gasteiger partial charge in [-0.25, -0.2) is 9.78 Å². The van der Waals surface area contributed by atoms with E-state index in [0.29, 0.717) is 16.9 Å². The lowest BCUT2D eigenvalue weighted by molar-refractivity contribution is 0.102. The van der Waals surface area contributed by atoms with E-state index >= 15 is 0 Å². The fraction of sp³-hybridized carbons (Fsp3) is 0.273. The molecular formula is C22H24N4O3. The van der Waals surface area contributed by atoms with Gasteiger partial charge in [0.15, 0.2) is 0 Å². The summed E-state index contributed by atoms with van der Waals surface area (Å²) in [5.74, 6) is -0.296. The minimum Gasteiger partial charge on any atom is -0.384 e. The summed E-state index contributed by atoms with van der Waals surface area (Å²) >= 11 is 0. The molecule has 0 amide bonds. The number of pyridine rings is 1. The van der Waals surface area contributed by atoms with Gasteiger partial charge in [-0.2, -0.15) is 0 Å². The molecule has 0 unspecified atom stereocenters. The predicted octanol–water partition coefficient (Wildman–Crippen LogP) is 2.53. The Morgan fingerprint density at radius 2 is 1.79 bits per heavy atom. The molecule has 2 aromatic heterocycles. The number of nitrogens with two attached hydrogens (primary N) is 1. The van der Waals surface area contributed by atoms with Gasteiger partial charge in [0.2, 0.25) is 5.78 Å². The number of ketones is 1. The second kappa shape index (κ2) is 7.87. The van der Waals surface area contributed by atoms with Crippen LogP contribution in [0.5, 0.6) is 0 Å². The van der Waals surface area contributed by atoms with Gasteiger partial charge in [0.05, 0.1) is 6.54 Å². The Labute approximate surface area is 168 Å². The van der Waals surface area contributed by atoms with Crippen LogP contribution in [0.15, 0.2) is 46.1 Å². The van der Waals surface area contributed by atoms with Crippen LogP contribution in [0.25, 0.3) is 0 Å². The monoisotopic (exact) mass is 392 g/mol. The minimum atomic E-state index is -0.637. The number of carbonyl (C=O) groups is 1. The maximum atomic E-state index is 13.5. The molecule has 0 aliphatic heterocycles. The lowest BCUT2D eigenvalue weighted by Gasteiger charge is -2.18. The fourth-order valence-electron chi connectivity index (χ4n) is 3.54. The van der Waals surface area contributed by atoms with Gasteiger partial charge in [0, 0.05) is 17.3 Å². The summed E-state index contributed by atoms with van der Waals surface area (Å²) < 4.78 is 1.31. The summed E-state index contributed by atoms with van der Waals surface area (Å²) in [4.78, 5) is 45.1. The molecule has 0 spiro atoms. The highest BCUT2D eigenvalue weighted by molar-refractivity contribution is 6.09. The summed E-state index contributed by atoms with van der Waals surface area (Å²) in [6.07, 6.45) is 1.54. The van der Waals surface area contributed by atoms with Gasteiger partial charge in [-0.05, 0) is 49.6 Å². The van der Waals surface area contributed by atoms with E-state index in [0.717, 1.165) is 11.1 Å². The van der Waals surface area contributed by atoms with Crippen LogP contribution >= 0.6 is 0 Å². The average molecular weight is 392 g/mol. The van der Waals surface area contributed by atoms with Gasteiger partial charge >= 0.3 is 5.69 Å². The van der Waals surface area contributed by atoms with E-state index in [2.05, 4.69) is 9.97 Å². The molecule has 29 heavy (non-hydrogen) atoms. The van der Waals surface area contributed by atoms with E-state index < -0.39 is 11.2 Å². The molecule has 0 fully saturated rings. The van der Waals surface area contributed by atoms with Gasteiger partial charge in [-0.3, -0.25) is 19.1 Å². The van der Waals surface area contributed by atoms with Crippen LogP contribution in [0.3, 0.4) is 0 Å². The molecule has 3 N–H and O–H groups in total. The highest BCUT2D eigenvalue weighted by Gasteiger charge is 2.25. The Bertz CT molecular complexity index is 1190. The largest absolute Gasteiger partial charge is 0.384 e. The van der Waals surface area contributed by atoms with Crippen molar-refractivity contribution in [1.82, 2.24) is 14.5 Å². The second-order valence-electron chi connectivity index (χ2n) is 7.56. The van der Waals surface area contributed by atoms with E-state index in [1.54, 1.807) is 24.3 Å². The smallest absolute Gasteiger partial charge is 0.329 e. The number of hydrogen-bond donors (Lipinski definition) is 2. The molecule has 0 atom stereocenters. The number of benzene rings is 1. The number of nitrogens with one attached hydrogen (secondary N) is 1. The molecule has 0 radical (unpaired) electrons. The lowest BCUT2D eigenvalue weighted by Crippen LogP contribution is -2.38. The zero-order valence-electron chi connectivity index (χ0n) is 16.9. The molecule has 7 nitrogen and oxygen atoms in total. The van der Waals surface area contributed by atoms with Crippen LogP contribution in [0.4, 0.5) is 5.82 Å². The number of anilines is 1. The van der Waals surface area contributed by atoms with Crippen LogP contribution in [0, 0.1) is 13.8 Å². The summed E-state index contributed by atoms with van der Waals surface area (Å²) in [6, 6.07) is 8.84. The first-order chi connectivity index (χ1) is 13.7. The van der Waals surface area contributed by atoms with Crippen LogP contribution in [0.1, 0.15) is 58.1 Å². The van der Waals surface area contributed by atoms with Crippen molar-refractivity contribution in [2.75, 3.05) is 5.73 Å². The molecular weight excluding hydrogens is 368 g/mol. The van der Waals surface area contributed by atoms with Crippen molar-refractivity contribution in [3.8, 4) is 0 Å². The molecule has 1 aromatic carbocycles. The first-order valence-electron chi connectivity index (χ1n) is 9.37. The van der Waals surface area contributed by atoms with E-state index in [9.17, 15) is 14.4 Å². The van der Waals surface area contributed by atoms with Crippen molar-refractivity contribution >= 4 is 11.6 Å². The zero-order chi connectivity index (χ0) is 21.3. The van der Waals surface area contributed by atoms with Gasteiger partial charge in [0.25, 0.3) is 5.56 Å². The van der Waals surface area contributed by atoms with E-state index in [1.807, 2.05) is 33.8 Å². The molecule has 3 aromatic rings. The third-order valence-corrected chi connectivity index (χ3v) is 4.70. The summed E-state index contributed by atoms with van der Waals surface area (Å²) in [5, 5.41) is 0. The Morgan fingerprint density at radius 3 is 2.38 bits per heavy atom. The topological polar surface area (TPSA) is 111 Å². The zero-order valence-corrected chi connectivity index (χ0v) is 16.9. The van der Waals surface area contributed by atoms with Crippen molar-refractivity contribution in [2.45, 2.75) is 40.2 Å². The van der Waals surface area contributed by atoms with Crippen molar-refractivity contribution in [3.63, 3.8) is 0 Å². The van der Waals surface area contributed by atoms with E-state index in [-0.39, 0.29) is 29.5 Å². The molecule has 3 rings (SSSR count). The average Bonchev–Trinajstić information content (AvgIpc) is 2.62. The Balaban J connectivity index is 2.28. The number of hydrogen-bond acceptors (Lipinski definition) is 5.